The number of rotatable bonds is 3. The van der Waals surface area contributed by atoms with Crippen LogP contribution in [0, 0.1) is 17.3 Å². The molecule has 0 aromatic rings. The van der Waals surface area contributed by atoms with Crippen LogP contribution in [0.5, 0.6) is 0 Å². The topological polar surface area (TPSA) is 96.2 Å². The highest BCUT2D eigenvalue weighted by Crippen LogP contribution is 2.57. The number of ketones is 1. The lowest BCUT2D eigenvalue weighted by Gasteiger charge is -2.45. The van der Waals surface area contributed by atoms with Crippen molar-refractivity contribution in [3.05, 3.63) is 11.6 Å². The van der Waals surface area contributed by atoms with E-state index in [2.05, 4.69) is 13.8 Å². The van der Waals surface area contributed by atoms with E-state index in [-0.39, 0.29) is 17.1 Å². The summed E-state index contributed by atoms with van der Waals surface area (Å²) in [7, 11) is 0. The largest absolute Gasteiger partial charge is 0.388 e. The Hall–Kier alpha value is -0.790. The molecule has 0 radical (unpaired) electrons. The van der Waals surface area contributed by atoms with Gasteiger partial charge in [-0.3, -0.25) is 4.79 Å². The van der Waals surface area contributed by atoms with Crippen molar-refractivity contribution < 1.29 is 29.6 Å². The van der Waals surface area contributed by atoms with Crippen LogP contribution >= 0.6 is 0 Å². The van der Waals surface area contributed by atoms with Gasteiger partial charge in [-0.2, -0.15) is 0 Å². The molecule has 2 aliphatic carbocycles. The van der Waals surface area contributed by atoms with Crippen LogP contribution in [-0.4, -0.2) is 57.4 Å². The van der Waals surface area contributed by atoms with Gasteiger partial charge in [0.2, 0.25) is 0 Å². The Morgan fingerprint density at radius 1 is 1.19 bits per heavy atom. The van der Waals surface area contributed by atoms with Crippen molar-refractivity contribution in [2.24, 2.45) is 17.3 Å². The van der Waals surface area contributed by atoms with E-state index < -0.39 is 36.3 Å². The molecule has 3 N–H and O–H groups in total. The summed E-state index contributed by atoms with van der Waals surface area (Å²) < 4.78 is 11.8. The summed E-state index contributed by atoms with van der Waals surface area (Å²) in [4.78, 5) is 11.9. The fourth-order valence-electron chi connectivity index (χ4n) is 5.31. The third kappa shape index (κ3) is 3.62. The number of hydrogen-bond acceptors (Lipinski definition) is 6. The van der Waals surface area contributed by atoms with Gasteiger partial charge in [0.05, 0.1) is 11.7 Å². The van der Waals surface area contributed by atoms with Crippen LogP contribution < -0.4 is 0 Å². The maximum absolute atomic E-state index is 11.9. The Bertz CT molecular complexity index is 614. The normalized spacial score (nSPS) is 46.0. The molecule has 0 amide bonds. The van der Waals surface area contributed by atoms with E-state index in [1.165, 1.54) is 5.57 Å². The Morgan fingerprint density at radius 2 is 1.85 bits per heavy atom. The van der Waals surface area contributed by atoms with Crippen LogP contribution in [0.2, 0.25) is 0 Å². The highest BCUT2D eigenvalue weighted by molar-refractivity contribution is 5.91. The first kappa shape index (κ1) is 20.9. The molecule has 6 nitrogen and oxygen atoms in total. The van der Waals surface area contributed by atoms with Gasteiger partial charge in [-0.25, -0.2) is 0 Å². The third-order valence-electron chi connectivity index (χ3n) is 7.37. The molecule has 1 saturated carbocycles. The molecule has 6 heteroatoms. The number of aliphatic hydroxyl groups is 3. The van der Waals surface area contributed by atoms with Gasteiger partial charge in [0.25, 0.3) is 0 Å². The molecule has 1 spiro atoms. The minimum Gasteiger partial charge on any atom is -0.388 e. The lowest BCUT2D eigenvalue weighted by molar-refractivity contribution is -0.322. The van der Waals surface area contributed by atoms with E-state index in [0.717, 1.165) is 19.3 Å². The maximum atomic E-state index is 11.9. The molecular weight excluding hydrogens is 348 g/mol. The van der Waals surface area contributed by atoms with Crippen LogP contribution in [0.3, 0.4) is 0 Å². The smallest absolute Gasteiger partial charge is 0.187 e. The molecule has 1 aliphatic heterocycles. The second kappa shape index (κ2) is 7.23. The quantitative estimate of drug-likeness (QED) is 0.690. The van der Waals surface area contributed by atoms with E-state index in [9.17, 15) is 20.1 Å². The Labute approximate surface area is 161 Å². The second-order valence-electron chi connectivity index (χ2n) is 9.40. The predicted octanol–water partition coefficient (Wildman–Crippen LogP) is 1.95. The first-order valence-electron chi connectivity index (χ1n) is 10.1. The van der Waals surface area contributed by atoms with E-state index in [0.29, 0.717) is 12.3 Å². The molecule has 2 fully saturated rings. The molecule has 8 atom stereocenters. The molecule has 154 valence electrons. The number of carbonyl (C=O) groups is 1. The first-order chi connectivity index (χ1) is 12.5. The second-order valence-corrected chi connectivity index (χ2v) is 9.40. The van der Waals surface area contributed by atoms with Crippen molar-refractivity contribution in [2.75, 3.05) is 0 Å². The number of allylic oxidation sites excluding steroid dienone is 2. The van der Waals surface area contributed by atoms with Crippen molar-refractivity contribution >= 4 is 5.78 Å². The lowest BCUT2D eigenvalue weighted by Crippen LogP contribution is -2.59. The third-order valence-corrected chi connectivity index (χ3v) is 7.37. The number of hydrogen-bond donors (Lipinski definition) is 3. The first-order valence-corrected chi connectivity index (χ1v) is 10.1. The zero-order chi connectivity index (χ0) is 20.1. The minimum atomic E-state index is -1.29. The van der Waals surface area contributed by atoms with Crippen molar-refractivity contribution in [2.45, 2.75) is 96.6 Å². The van der Waals surface area contributed by atoms with Crippen LogP contribution in [0.15, 0.2) is 11.6 Å². The minimum absolute atomic E-state index is 0.0360. The van der Waals surface area contributed by atoms with E-state index in [1.54, 1.807) is 6.92 Å². The molecule has 3 aliphatic rings. The summed E-state index contributed by atoms with van der Waals surface area (Å²) in [6.45, 7) is 9.87. The van der Waals surface area contributed by atoms with Gasteiger partial charge in [0, 0.05) is 6.42 Å². The lowest BCUT2D eigenvalue weighted by atomic mass is 9.64. The van der Waals surface area contributed by atoms with Gasteiger partial charge < -0.3 is 24.8 Å². The molecule has 0 bridgehead atoms. The standard InChI is InChI=1S/C21H34O6/c1-11-8-15(22)9-12(2)21(11)7-6-14(10-21)20(4,5)27-19-18(25)17(24)16(23)13(3)26-19/h8,12-14,16-19,23-25H,6-7,9-10H2,1-5H3. The van der Waals surface area contributed by atoms with Gasteiger partial charge in [0.15, 0.2) is 12.1 Å². The molecule has 1 saturated heterocycles. The van der Waals surface area contributed by atoms with Gasteiger partial charge >= 0.3 is 0 Å². The molecule has 0 aromatic heterocycles. The monoisotopic (exact) mass is 382 g/mol. The average Bonchev–Trinajstić information content (AvgIpc) is 3.03. The predicted molar refractivity (Wildman–Crippen MR) is 99.8 cm³/mol. The fourth-order valence-corrected chi connectivity index (χ4v) is 5.31. The van der Waals surface area contributed by atoms with Crippen LogP contribution in [0.1, 0.15) is 60.3 Å². The Balaban J connectivity index is 1.73. The van der Waals surface area contributed by atoms with Crippen LogP contribution in [0.25, 0.3) is 0 Å². The highest BCUT2D eigenvalue weighted by atomic mass is 16.7. The summed E-state index contributed by atoms with van der Waals surface area (Å²) in [5.41, 5.74) is 0.637. The van der Waals surface area contributed by atoms with E-state index in [4.69, 9.17) is 9.47 Å². The molecule has 8 unspecified atom stereocenters. The molecule has 3 rings (SSSR count). The zero-order valence-corrected chi connectivity index (χ0v) is 17.0. The SMILES string of the molecule is CC1=CC(=O)CC(C)C12CCC(C(C)(C)OC1OC(C)C(O)C(O)C1O)C2. The highest BCUT2D eigenvalue weighted by Gasteiger charge is 2.52. The van der Waals surface area contributed by atoms with Gasteiger partial charge in [-0.15, -0.1) is 0 Å². The fraction of sp³-hybridized carbons (Fsp3) is 0.857. The van der Waals surface area contributed by atoms with Gasteiger partial charge in [0.1, 0.15) is 18.3 Å². The average molecular weight is 382 g/mol. The summed E-state index contributed by atoms with van der Waals surface area (Å²) in [6.07, 6.45) is 0.0128. The van der Waals surface area contributed by atoms with Crippen molar-refractivity contribution in [3.63, 3.8) is 0 Å². The summed E-state index contributed by atoms with van der Waals surface area (Å²) >= 11 is 0. The maximum Gasteiger partial charge on any atom is 0.187 e. The van der Waals surface area contributed by atoms with Gasteiger partial charge in [-0.05, 0) is 70.3 Å². The number of carbonyl (C=O) groups excluding carboxylic acids is 1. The Morgan fingerprint density at radius 3 is 2.48 bits per heavy atom. The number of aliphatic hydroxyl groups excluding tert-OH is 3. The van der Waals surface area contributed by atoms with Gasteiger partial charge in [-0.1, -0.05) is 12.5 Å². The Kier molecular flexibility index (Phi) is 5.60. The van der Waals surface area contributed by atoms with Crippen LogP contribution in [-0.2, 0) is 14.3 Å². The molecule has 0 aromatic carbocycles. The zero-order valence-electron chi connectivity index (χ0n) is 17.0. The number of ether oxygens (including phenoxy) is 2. The van der Waals surface area contributed by atoms with Crippen molar-refractivity contribution in [1.29, 1.82) is 0 Å². The van der Waals surface area contributed by atoms with E-state index in [1.807, 2.05) is 19.9 Å². The molecule has 27 heavy (non-hydrogen) atoms. The summed E-state index contributed by atoms with van der Waals surface area (Å²) in [5, 5.41) is 30.2. The van der Waals surface area contributed by atoms with Crippen molar-refractivity contribution in [1.82, 2.24) is 0 Å². The summed E-state index contributed by atoms with van der Waals surface area (Å²) in [5.74, 6) is 0.765. The van der Waals surface area contributed by atoms with E-state index >= 15 is 0 Å². The molecule has 1 heterocycles. The molecular formula is C21H34O6. The van der Waals surface area contributed by atoms with Crippen molar-refractivity contribution in [3.8, 4) is 0 Å². The van der Waals surface area contributed by atoms with Crippen LogP contribution in [0.4, 0.5) is 0 Å². The summed E-state index contributed by atoms with van der Waals surface area (Å²) in [6, 6.07) is 0.